The third-order valence-electron chi connectivity index (χ3n) is 2.06. The molecule has 4 heteroatoms. The summed E-state index contributed by atoms with van der Waals surface area (Å²) in [5.41, 5.74) is 0.983. The van der Waals surface area contributed by atoms with E-state index in [2.05, 4.69) is 4.98 Å². The van der Waals surface area contributed by atoms with Crippen molar-refractivity contribution in [2.75, 3.05) is 6.61 Å². The minimum absolute atomic E-state index is 0.122. The zero-order valence-electron chi connectivity index (χ0n) is 10.6. The molecule has 0 fully saturated rings. The van der Waals surface area contributed by atoms with Crippen molar-refractivity contribution in [3.8, 4) is 5.75 Å². The number of rotatable bonds is 6. The normalized spacial score (nSPS) is 10.4. The number of pyridine rings is 1. The molecule has 0 aromatic carbocycles. The first kappa shape index (κ1) is 13.5. The second-order valence-electron chi connectivity index (χ2n) is 4.00. The van der Waals surface area contributed by atoms with Gasteiger partial charge in [-0.25, -0.2) is 0 Å². The Labute approximate surface area is 102 Å². The second-order valence-corrected chi connectivity index (χ2v) is 4.00. The van der Waals surface area contributed by atoms with E-state index in [0.29, 0.717) is 19.4 Å². The van der Waals surface area contributed by atoms with E-state index in [1.54, 1.807) is 19.3 Å². The SMILES string of the molecule is CCOC(=O)CCc1cncc(OC(C)C)c1. The molecule has 0 saturated heterocycles. The van der Waals surface area contributed by atoms with Gasteiger partial charge in [-0.05, 0) is 38.8 Å². The third-order valence-corrected chi connectivity index (χ3v) is 2.06. The molecule has 0 aliphatic heterocycles. The molecule has 1 rings (SSSR count). The lowest BCUT2D eigenvalue weighted by Crippen LogP contribution is -2.07. The first-order chi connectivity index (χ1) is 8.11. The molecule has 1 aromatic heterocycles. The van der Waals surface area contributed by atoms with Gasteiger partial charge in [0.1, 0.15) is 5.75 Å². The highest BCUT2D eigenvalue weighted by Gasteiger charge is 2.04. The number of aryl methyl sites for hydroxylation is 1. The van der Waals surface area contributed by atoms with Gasteiger partial charge in [0.25, 0.3) is 0 Å². The van der Waals surface area contributed by atoms with Crippen molar-refractivity contribution < 1.29 is 14.3 Å². The number of hydrogen-bond acceptors (Lipinski definition) is 4. The molecule has 1 aromatic rings. The van der Waals surface area contributed by atoms with Gasteiger partial charge < -0.3 is 9.47 Å². The predicted octanol–water partition coefficient (Wildman–Crippen LogP) is 2.36. The Morgan fingerprint density at radius 3 is 2.82 bits per heavy atom. The lowest BCUT2D eigenvalue weighted by molar-refractivity contribution is -0.143. The van der Waals surface area contributed by atoms with Crippen molar-refractivity contribution in [3.05, 3.63) is 24.0 Å². The number of carbonyl (C=O) groups excluding carboxylic acids is 1. The molecule has 0 unspecified atom stereocenters. The lowest BCUT2D eigenvalue weighted by Gasteiger charge is -2.10. The van der Waals surface area contributed by atoms with Crippen molar-refractivity contribution in [1.82, 2.24) is 4.98 Å². The lowest BCUT2D eigenvalue weighted by atomic mass is 10.1. The number of nitrogens with zero attached hydrogens (tertiary/aromatic N) is 1. The molecule has 0 N–H and O–H groups in total. The van der Waals surface area contributed by atoms with E-state index in [4.69, 9.17) is 9.47 Å². The maximum atomic E-state index is 11.2. The van der Waals surface area contributed by atoms with Crippen LogP contribution in [0.2, 0.25) is 0 Å². The smallest absolute Gasteiger partial charge is 0.306 e. The summed E-state index contributed by atoms with van der Waals surface area (Å²) in [7, 11) is 0. The topological polar surface area (TPSA) is 48.4 Å². The number of esters is 1. The molecule has 94 valence electrons. The van der Waals surface area contributed by atoms with Crippen LogP contribution < -0.4 is 4.74 Å². The molecule has 4 nitrogen and oxygen atoms in total. The maximum absolute atomic E-state index is 11.2. The van der Waals surface area contributed by atoms with Crippen LogP contribution in [0.3, 0.4) is 0 Å². The molecule has 0 saturated carbocycles. The fourth-order valence-electron chi connectivity index (χ4n) is 1.42. The summed E-state index contributed by atoms with van der Waals surface area (Å²) >= 11 is 0. The molecule has 17 heavy (non-hydrogen) atoms. The molecule has 0 bridgehead atoms. The molecule has 0 aliphatic rings. The molecule has 0 radical (unpaired) electrons. The molecule has 0 spiro atoms. The summed E-state index contributed by atoms with van der Waals surface area (Å²) in [5.74, 6) is 0.559. The first-order valence-electron chi connectivity index (χ1n) is 5.88. The zero-order chi connectivity index (χ0) is 12.7. The molecule has 0 atom stereocenters. The molecule has 0 amide bonds. The fraction of sp³-hybridized carbons (Fsp3) is 0.538. The summed E-state index contributed by atoms with van der Waals surface area (Å²) < 4.78 is 10.4. The number of ether oxygens (including phenoxy) is 2. The van der Waals surface area contributed by atoms with Crippen LogP contribution in [-0.4, -0.2) is 23.7 Å². The van der Waals surface area contributed by atoms with E-state index in [1.807, 2.05) is 19.9 Å². The van der Waals surface area contributed by atoms with Crippen LogP contribution in [0.4, 0.5) is 0 Å². The number of carbonyl (C=O) groups is 1. The maximum Gasteiger partial charge on any atom is 0.306 e. The van der Waals surface area contributed by atoms with E-state index >= 15 is 0 Å². The van der Waals surface area contributed by atoms with Gasteiger partial charge in [0, 0.05) is 12.6 Å². The highest BCUT2D eigenvalue weighted by Crippen LogP contribution is 2.14. The number of hydrogen-bond donors (Lipinski definition) is 0. The summed E-state index contributed by atoms with van der Waals surface area (Å²) in [6.45, 7) is 6.15. The Hall–Kier alpha value is -1.58. The van der Waals surface area contributed by atoms with Crippen LogP contribution in [0.5, 0.6) is 5.75 Å². The fourth-order valence-corrected chi connectivity index (χ4v) is 1.42. The third kappa shape index (κ3) is 5.33. The van der Waals surface area contributed by atoms with Crippen LogP contribution in [0, 0.1) is 0 Å². The Bertz CT molecular complexity index is 363. The van der Waals surface area contributed by atoms with Crippen molar-refractivity contribution in [2.24, 2.45) is 0 Å². The zero-order valence-corrected chi connectivity index (χ0v) is 10.6. The Balaban J connectivity index is 2.51. The molecule has 0 aliphatic carbocycles. The Morgan fingerprint density at radius 2 is 2.18 bits per heavy atom. The average Bonchev–Trinajstić information content (AvgIpc) is 2.26. The average molecular weight is 237 g/mol. The Kier molecular flexibility index (Phi) is 5.46. The van der Waals surface area contributed by atoms with Gasteiger partial charge in [0.15, 0.2) is 0 Å². The van der Waals surface area contributed by atoms with Crippen molar-refractivity contribution in [1.29, 1.82) is 0 Å². The summed E-state index contributed by atoms with van der Waals surface area (Å²) in [5, 5.41) is 0. The van der Waals surface area contributed by atoms with Crippen LogP contribution in [-0.2, 0) is 16.0 Å². The van der Waals surface area contributed by atoms with Gasteiger partial charge in [-0.15, -0.1) is 0 Å². The Morgan fingerprint density at radius 1 is 1.41 bits per heavy atom. The standard InChI is InChI=1S/C13H19NO3/c1-4-16-13(15)6-5-11-7-12(9-14-8-11)17-10(2)3/h7-10H,4-6H2,1-3H3. The van der Waals surface area contributed by atoms with Crippen molar-refractivity contribution >= 4 is 5.97 Å². The highest BCUT2D eigenvalue weighted by atomic mass is 16.5. The monoisotopic (exact) mass is 237 g/mol. The van der Waals surface area contributed by atoms with Gasteiger partial charge in [-0.2, -0.15) is 0 Å². The molecular formula is C13H19NO3. The molecule has 1 heterocycles. The van der Waals surface area contributed by atoms with E-state index in [0.717, 1.165) is 11.3 Å². The van der Waals surface area contributed by atoms with Crippen LogP contribution >= 0.6 is 0 Å². The number of aromatic nitrogens is 1. The van der Waals surface area contributed by atoms with Gasteiger partial charge >= 0.3 is 5.97 Å². The summed E-state index contributed by atoms with van der Waals surface area (Å²) in [6, 6.07) is 1.91. The minimum Gasteiger partial charge on any atom is -0.489 e. The van der Waals surface area contributed by atoms with Crippen molar-refractivity contribution in [3.63, 3.8) is 0 Å². The van der Waals surface area contributed by atoms with E-state index in [-0.39, 0.29) is 12.1 Å². The van der Waals surface area contributed by atoms with Gasteiger partial charge in [0.2, 0.25) is 0 Å². The second kappa shape index (κ2) is 6.89. The summed E-state index contributed by atoms with van der Waals surface area (Å²) in [4.78, 5) is 15.3. The molecular weight excluding hydrogens is 218 g/mol. The summed E-state index contributed by atoms with van der Waals surface area (Å²) in [6.07, 6.45) is 4.54. The van der Waals surface area contributed by atoms with Crippen molar-refractivity contribution in [2.45, 2.75) is 39.7 Å². The predicted molar refractivity (Wildman–Crippen MR) is 65.0 cm³/mol. The van der Waals surface area contributed by atoms with Crippen LogP contribution in [0.25, 0.3) is 0 Å². The minimum atomic E-state index is -0.178. The van der Waals surface area contributed by atoms with Gasteiger partial charge in [-0.1, -0.05) is 0 Å². The van der Waals surface area contributed by atoms with E-state index in [9.17, 15) is 4.79 Å². The van der Waals surface area contributed by atoms with E-state index in [1.165, 1.54) is 0 Å². The first-order valence-corrected chi connectivity index (χ1v) is 5.88. The van der Waals surface area contributed by atoms with Crippen LogP contribution in [0.1, 0.15) is 32.8 Å². The van der Waals surface area contributed by atoms with Gasteiger partial charge in [0.05, 0.1) is 18.9 Å². The van der Waals surface area contributed by atoms with Crippen LogP contribution in [0.15, 0.2) is 18.5 Å². The van der Waals surface area contributed by atoms with E-state index < -0.39 is 0 Å². The van der Waals surface area contributed by atoms with Gasteiger partial charge in [-0.3, -0.25) is 9.78 Å². The highest BCUT2D eigenvalue weighted by molar-refractivity contribution is 5.69. The largest absolute Gasteiger partial charge is 0.489 e. The quantitative estimate of drug-likeness (QED) is 0.713.